The van der Waals surface area contributed by atoms with Crippen molar-refractivity contribution in [1.29, 1.82) is 0 Å². The molecular weight excluding hydrogens is 355 g/mol. The summed E-state index contributed by atoms with van der Waals surface area (Å²) in [7, 11) is 0. The molecule has 4 rings (SSSR count). The maximum Gasteiger partial charge on any atom is 0.282 e. The van der Waals surface area contributed by atoms with Crippen molar-refractivity contribution in [2.75, 3.05) is 18.0 Å². The van der Waals surface area contributed by atoms with E-state index in [0.717, 1.165) is 31.5 Å². The number of amides is 2. The van der Waals surface area contributed by atoms with E-state index in [1.165, 1.54) is 17.0 Å². The average molecular weight is 378 g/mol. The lowest BCUT2D eigenvalue weighted by Gasteiger charge is -2.33. The van der Waals surface area contributed by atoms with E-state index in [-0.39, 0.29) is 17.6 Å². The van der Waals surface area contributed by atoms with Gasteiger partial charge in [0.05, 0.1) is 11.3 Å². The van der Waals surface area contributed by atoms with Gasteiger partial charge >= 0.3 is 0 Å². The smallest absolute Gasteiger partial charge is 0.282 e. The van der Waals surface area contributed by atoms with Gasteiger partial charge in [0, 0.05) is 13.1 Å². The molecule has 0 radical (unpaired) electrons. The molecule has 2 aliphatic rings. The van der Waals surface area contributed by atoms with Crippen LogP contribution in [0.4, 0.5) is 10.1 Å². The maximum atomic E-state index is 13.4. The highest BCUT2D eigenvalue weighted by molar-refractivity contribution is 6.45. The number of benzene rings is 2. The fraction of sp³-hybridized carbons (Fsp3) is 0.304. The molecule has 28 heavy (non-hydrogen) atoms. The Morgan fingerprint density at radius 2 is 1.79 bits per heavy atom. The highest BCUT2D eigenvalue weighted by Crippen LogP contribution is 2.36. The minimum absolute atomic E-state index is 0.302. The van der Waals surface area contributed by atoms with Gasteiger partial charge in [0.1, 0.15) is 11.5 Å². The Labute approximate surface area is 164 Å². The number of hydrogen-bond acceptors (Lipinski definition) is 3. The van der Waals surface area contributed by atoms with Crippen molar-refractivity contribution in [2.45, 2.75) is 26.7 Å². The lowest BCUT2D eigenvalue weighted by Crippen LogP contribution is -2.39. The summed E-state index contributed by atoms with van der Waals surface area (Å²) >= 11 is 0. The molecule has 0 spiro atoms. The highest BCUT2D eigenvalue weighted by Gasteiger charge is 2.43. The fourth-order valence-electron chi connectivity index (χ4n) is 4.08. The first kappa shape index (κ1) is 18.4. The zero-order valence-electron chi connectivity index (χ0n) is 16.1. The van der Waals surface area contributed by atoms with E-state index in [4.69, 9.17) is 0 Å². The molecule has 5 heteroatoms. The number of imide groups is 1. The molecule has 144 valence electrons. The Morgan fingerprint density at radius 3 is 2.46 bits per heavy atom. The van der Waals surface area contributed by atoms with Crippen LogP contribution in [0.5, 0.6) is 0 Å². The monoisotopic (exact) mass is 378 g/mol. The molecule has 2 amide bonds. The molecule has 0 N–H and O–H groups in total. The number of hydrogen-bond donors (Lipinski definition) is 0. The second-order valence-corrected chi connectivity index (χ2v) is 7.71. The number of likely N-dealkylation sites (tertiary alicyclic amines) is 1. The molecule has 4 nitrogen and oxygen atoms in total. The van der Waals surface area contributed by atoms with Gasteiger partial charge < -0.3 is 4.90 Å². The SMILES string of the molecule is Cc1cccc(N2C(=O)C(c3ccc(F)cc3)=C(N3CCCC(C)C3)C2=O)c1. The maximum absolute atomic E-state index is 13.4. The number of carbonyl (C=O) groups excluding carboxylic acids is 2. The summed E-state index contributed by atoms with van der Waals surface area (Å²) in [6, 6.07) is 13.2. The molecule has 1 unspecified atom stereocenters. The van der Waals surface area contributed by atoms with Crippen molar-refractivity contribution in [3.63, 3.8) is 0 Å². The Balaban J connectivity index is 1.83. The number of aryl methyl sites for hydroxylation is 1. The third kappa shape index (κ3) is 3.21. The van der Waals surface area contributed by atoms with Crippen molar-refractivity contribution in [1.82, 2.24) is 4.90 Å². The minimum atomic E-state index is -0.371. The molecule has 2 aliphatic heterocycles. The van der Waals surface area contributed by atoms with Crippen molar-refractivity contribution < 1.29 is 14.0 Å². The largest absolute Gasteiger partial charge is 0.366 e. The van der Waals surface area contributed by atoms with Crippen LogP contribution in [0.1, 0.15) is 30.9 Å². The number of halogens is 1. The molecule has 0 bridgehead atoms. The lowest BCUT2D eigenvalue weighted by molar-refractivity contribution is -0.120. The van der Waals surface area contributed by atoms with E-state index in [1.54, 1.807) is 18.2 Å². The summed E-state index contributed by atoms with van der Waals surface area (Å²) in [5.41, 5.74) is 2.91. The van der Waals surface area contributed by atoms with E-state index < -0.39 is 0 Å². The number of piperidine rings is 1. The van der Waals surface area contributed by atoms with Gasteiger partial charge in [0.2, 0.25) is 0 Å². The topological polar surface area (TPSA) is 40.6 Å². The second kappa shape index (κ2) is 7.23. The van der Waals surface area contributed by atoms with Crippen LogP contribution in [0.15, 0.2) is 54.2 Å². The summed E-state index contributed by atoms with van der Waals surface area (Å²) in [6.07, 6.45) is 2.09. The molecular formula is C23H23FN2O2. The Kier molecular flexibility index (Phi) is 4.75. The molecule has 1 saturated heterocycles. The van der Waals surface area contributed by atoms with Crippen molar-refractivity contribution >= 4 is 23.1 Å². The normalized spacial score (nSPS) is 20.3. The molecule has 0 saturated carbocycles. The van der Waals surface area contributed by atoms with Gasteiger partial charge in [-0.25, -0.2) is 9.29 Å². The van der Waals surface area contributed by atoms with Crippen LogP contribution in [-0.4, -0.2) is 29.8 Å². The zero-order chi connectivity index (χ0) is 19.8. The summed E-state index contributed by atoms with van der Waals surface area (Å²) < 4.78 is 13.4. The van der Waals surface area contributed by atoms with Crippen LogP contribution >= 0.6 is 0 Å². The average Bonchev–Trinajstić information content (AvgIpc) is 2.93. The Morgan fingerprint density at radius 1 is 1.04 bits per heavy atom. The first-order chi connectivity index (χ1) is 13.5. The molecule has 1 fully saturated rings. The van der Waals surface area contributed by atoms with Gasteiger partial charge in [0.25, 0.3) is 11.8 Å². The van der Waals surface area contributed by atoms with Crippen LogP contribution in [0.3, 0.4) is 0 Å². The third-order valence-corrected chi connectivity index (χ3v) is 5.43. The van der Waals surface area contributed by atoms with Crippen molar-refractivity contribution in [2.24, 2.45) is 5.92 Å². The zero-order valence-corrected chi connectivity index (χ0v) is 16.1. The number of nitrogens with zero attached hydrogens (tertiary/aromatic N) is 2. The van der Waals surface area contributed by atoms with Crippen LogP contribution in [0, 0.1) is 18.7 Å². The minimum Gasteiger partial charge on any atom is -0.366 e. The van der Waals surface area contributed by atoms with E-state index in [9.17, 15) is 14.0 Å². The van der Waals surface area contributed by atoms with Crippen LogP contribution in [0.2, 0.25) is 0 Å². The van der Waals surface area contributed by atoms with Crippen LogP contribution in [0.25, 0.3) is 5.57 Å². The number of rotatable bonds is 3. The Bertz CT molecular complexity index is 965. The fourth-order valence-corrected chi connectivity index (χ4v) is 4.08. The van der Waals surface area contributed by atoms with Crippen molar-refractivity contribution in [3.8, 4) is 0 Å². The highest BCUT2D eigenvalue weighted by atomic mass is 19.1. The third-order valence-electron chi connectivity index (χ3n) is 5.43. The van der Waals surface area contributed by atoms with Crippen LogP contribution < -0.4 is 4.90 Å². The second-order valence-electron chi connectivity index (χ2n) is 7.71. The first-order valence-corrected chi connectivity index (χ1v) is 9.66. The molecule has 2 heterocycles. The van der Waals surface area contributed by atoms with Gasteiger partial charge in [-0.15, -0.1) is 0 Å². The quantitative estimate of drug-likeness (QED) is 0.754. The van der Waals surface area contributed by atoms with Gasteiger partial charge in [-0.2, -0.15) is 0 Å². The first-order valence-electron chi connectivity index (χ1n) is 9.66. The van der Waals surface area contributed by atoms with Gasteiger partial charge in [-0.05, 0) is 61.1 Å². The number of carbonyl (C=O) groups is 2. The Hall–Kier alpha value is -2.95. The summed E-state index contributed by atoms with van der Waals surface area (Å²) in [5, 5.41) is 0. The number of anilines is 1. The summed E-state index contributed by atoms with van der Waals surface area (Å²) in [6.45, 7) is 5.56. The predicted octanol–water partition coefficient (Wildman–Crippen LogP) is 4.15. The lowest BCUT2D eigenvalue weighted by atomic mass is 9.98. The van der Waals surface area contributed by atoms with Crippen molar-refractivity contribution in [3.05, 3.63) is 71.2 Å². The van der Waals surface area contributed by atoms with E-state index in [2.05, 4.69) is 6.92 Å². The standard InChI is InChI=1S/C23H23FN2O2/c1-15-5-3-7-19(13-15)26-22(27)20(17-8-10-18(24)11-9-17)21(23(26)28)25-12-4-6-16(2)14-25/h3,5,7-11,13,16H,4,6,12,14H2,1-2H3. The molecule has 0 aromatic heterocycles. The molecule has 1 atom stereocenters. The molecule has 0 aliphatic carbocycles. The van der Waals surface area contributed by atoms with Gasteiger partial charge in [-0.1, -0.05) is 31.2 Å². The van der Waals surface area contributed by atoms with Gasteiger partial charge in [-0.3, -0.25) is 9.59 Å². The summed E-state index contributed by atoms with van der Waals surface area (Å²) in [5.74, 6) is -0.573. The van der Waals surface area contributed by atoms with Crippen LogP contribution in [-0.2, 0) is 9.59 Å². The van der Waals surface area contributed by atoms with E-state index in [1.807, 2.05) is 30.0 Å². The summed E-state index contributed by atoms with van der Waals surface area (Å²) in [4.78, 5) is 30.1. The predicted molar refractivity (Wildman–Crippen MR) is 107 cm³/mol. The molecule has 2 aromatic carbocycles. The van der Waals surface area contributed by atoms with Gasteiger partial charge in [0.15, 0.2) is 0 Å². The van der Waals surface area contributed by atoms with E-state index >= 15 is 0 Å². The van der Waals surface area contributed by atoms with E-state index in [0.29, 0.717) is 28.4 Å². The molecule has 2 aromatic rings.